The molecule has 1 heterocycles. The van der Waals surface area contributed by atoms with Crippen LogP contribution in [0.15, 0.2) is 36.5 Å². The lowest BCUT2D eigenvalue weighted by Gasteiger charge is -2.17. The molecule has 1 unspecified atom stereocenters. The molecule has 0 saturated carbocycles. The van der Waals surface area contributed by atoms with Gasteiger partial charge in [-0.3, -0.25) is 9.59 Å². The van der Waals surface area contributed by atoms with E-state index < -0.39 is 11.9 Å². The van der Waals surface area contributed by atoms with Gasteiger partial charge in [0.05, 0.1) is 5.69 Å². The minimum atomic E-state index is -0.612. The molecule has 2 rings (SSSR count). The van der Waals surface area contributed by atoms with Crippen LogP contribution in [0.4, 0.5) is 0 Å². The van der Waals surface area contributed by atoms with Gasteiger partial charge in [0.25, 0.3) is 5.91 Å². The monoisotopic (exact) mass is 320 g/mol. The first kappa shape index (κ1) is 16.0. The molecule has 0 aliphatic rings. The fourth-order valence-corrected chi connectivity index (χ4v) is 2.11. The summed E-state index contributed by atoms with van der Waals surface area (Å²) in [5.41, 5.74) is 0.988. The smallest absolute Gasteiger partial charge is 0.272 e. The van der Waals surface area contributed by atoms with E-state index in [0.717, 1.165) is 5.69 Å². The maximum atomic E-state index is 12.1. The predicted octanol–water partition coefficient (Wildman–Crippen LogP) is 1.73. The van der Waals surface area contributed by atoms with E-state index in [2.05, 4.69) is 10.4 Å². The van der Waals surface area contributed by atoms with Gasteiger partial charge in [-0.2, -0.15) is 5.10 Å². The number of amides is 2. The van der Waals surface area contributed by atoms with Gasteiger partial charge in [-0.25, -0.2) is 4.68 Å². The Hall–Kier alpha value is -2.34. The van der Waals surface area contributed by atoms with Gasteiger partial charge in [-0.05, 0) is 31.2 Å². The van der Waals surface area contributed by atoms with Crippen LogP contribution in [0.25, 0.3) is 5.69 Å². The molecule has 6 nitrogen and oxygen atoms in total. The fourth-order valence-electron chi connectivity index (χ4n) is 1.93. The summed E-state index contributed by atoms with van der Waals surface area (Å²) in [7, 11) is 3.28. The van der Waals surface area contributed by atoms with Crippen LogP contribution < -0.4 is 5.32 Å². The van der Waals surface area contributed by atoms with E-state index in [-0.39, 0.29) is 11.6 Å². The third kappa shape index (κ3) is 3.65. The Bertz CT molecular complexity index is 696. The van der Waals surface area contributed by atoms with E-state index in [1.807, 2.05) is 6.07 Å². The second kappa shape index (κ2) is 6.62. The van der Waals surface area contributed by atoms with Crippen LogP contribution >= 0.6 is 11.6 Å². The zero-order valence-electron chi connectivity index (χ0n) is 12.6. The molecule has 0 aliphatic heterocycles. The van der Waals surface area contributed by atoms with Crippen LogP contribution in [-0.4, -0.2) is 46.6 Å². The molecule has 0 saturated heterocycles. The highest BCUT2D eigenvalue weighted by Crippen LogP contribution is 2.14. The standard InChI is InChI=1S/C15H17ClN4O2/c1-10(15(22)19(2)3)17-14(21)13-7-8-20(18-13)12-6-4-5-11(16)9-12/h4-10H,1-3H3,(H,17,21). The maximum absolute atomic E-state index is 12.1. The molecular weight excluding hydrogens is 304 g/mol. The molecule has 7 heteroatoms. The molecule has 1 N–H and O–H groups in total. The Morgan fingerprint density at radius 2 is 2.05 bits per heavy atom. The second-order valence-corrected chi connectivity index (χ2v) is 5.49. The van der Waals surface area contributed by atoms with Gasteiger partial charge in [0.1, 0.15) is 6.04 Å². The van der Waals surface area contributed by atoms with Gasteiger partial charge in [0.2, 0.25) is 5.91 Å². The van der Waals surface area contributed by atoms with Crippen LogP contribution in [0.3, 0.4) is 0 Å². The number of benzene rings is 1. The molecule has 22 heavy (non-hydrogen) atoms. The second-order valence-electron chi connectivity index (χ2n) is 5.05. The Kier molecular flexibility index (Phi) is 4.82. The Balaban J connectivity index is 2.11. The van der Waals surface area contributed by atoms with Crippen molar-refractivity contribution in [1.82, 2.24) is 20.0 Å². The average Bonchev–Trinajstić information content (AvgIpc) is 2.96. The van der Waals surface area contributed by atoms with Crippen LogP contribution in [0.1, 0.15) is 17.4 Å². The molecule has 1 aromatic carbocycles. The van der Waals surface area contributed by atoms with E-state index in [0.29, 0.717) is 5.02 Å². The largest absolute Gasteiger partial charge is 0.347 e. The number of rotatable bonds is 4. The fraction of sp³-hybridized carbons (Fsp3) is 0.267. The third-order valence-electron chi connectivity index (χ3n) is 3.05. The van der Waals surface area contributed by atoms with Crippen LogP contribution in [0, 0.1) is 0 Å². The maximum Gasteiger partial charge on any atom is 0.272 e. The Morgan fingerprint density at radius 3 is 2.68 bits per heavy atom. The van der Waals surface area contributed by atoms with Gasteiger partial charge < -0.3 is 10.2 Å². The molecule has 1 atom stereocenters. The summed E-state index contributed by atoms with van der Waals surface area (Å²) >= 11 is 5.93. The SMILES string of the molecule is CC(NC(=O)c1ccn(-c2cccc(Cl)c2)n1)C(=O)N(C)C. The summed E-state index contributed by atoms with van der Waals surface area (Å²) in [6, 6.07) is 8.11. The molecule has 0 aliphatic carbocycles. The average molecular weight is 321 g/mol. The quantitative estimate of drug-likeness (QED) is 0.933. The first-order chi connectivity index (χ1) is 10.4. The lowest BCUT2D eigenvalue weighted by atomic mass is 10.3. The normalized spacial score (nSPS) is 11.8. The van der Waals surface area contributed by atoms with Crippen molar-refractivity contribution in [2.45, 2.75) is 13.0 Å². The van der Waals surface area contributed by atoms with Gasteiger partial charge in [-0.1, -0.05) is 17.7 Å². The van der Waals surface area contributed by atoms with Gasteiger partial charge in [-0.15, -0.1) is 0 Å². The van der Waals surface area contributed by atoms with E-state index in [1.54, 1.807) is 56.2 Å². The van der Waals surface area contributed by atoms with Crippen LogP contribution in [0.5, 0.6) is 0 Å². The number of carbonyl (C=O) groups is 2. The molecular formula is C15H17ClN4O2. The van der Waals surface area contributed by atoms with Crippen molar-refractivity contribution in [3.8, 4) is 5.69 Å². The van der Waals surface area contributed by atoms with Crippen molar-refractivity contribution in [1.29, 1.82) is 0 Å². The van der Waals surface area contributed by atoms with Gasteiger partial charge in [0.15, 0.2) is 5.69 Å². The molecule has 2 aromatic rings. The van der Waals surface area contributed by atoms with Crippen molar-refractivity contribution in [3.05, 3.63) is 47.2 Å². The first-order valence-electron chi connectivity index (χ1n) is 6.72. The summed E-state index contributed by atoms with van der Waals surface area (Å²) in [5, 5.41) is 7.41. The molecule has 0 spiro atoms. The van der Waals surface area contributed by atoms with Crippen LogP contribution in [0.2, 0.25) is 5.02 Å². The number of aromatic nitrogens is 2. The summed E-state index contributed by atoms with van der Waals surface area (Å²) in [6.07, 6.45) is 1.67. The van der Waals surface area contributed by atoms with E-state index in [4.69, 9.17) is 11.6 Å². The summed E-state index contributed by atoms with van der Waals surface area (Å²) in [6.45, 7) is 1.63. The molecule has 116 valence electrons. The topological polar surface area (TPSA) is 67.2 Å². The van der Waals surface area contributed by atoms with E-state index in [9.17, 15) is 9.59 Å². The molecule has 0 radical (unpaired) electrons. The lowest BCUT2D eigenvalue weighted by molar-refractivity contribution is -0.130. The van der Waals surface area contributed by atoms with Crippen molar-refractivity contribution in [2.75, 3.05) is 14.1 Å². The number of nitrogens with zero attached hydrogens (tertiary/aromatic N) is 3. The number of likely N-dealkylation sites (N-methyl/N-ethyl adjacent to an activating group) is 1. The van der Waals surface area contributed by atoms with Gasteiger partial charge >= 0.3 is 0 Å². The molecule has 2 amide bonds. The minimum absolute atomic E-state index is 0.178. The van der Waals surface area contributed by atoms with E-state index >= 15 is 0 Å². The Labute approximate surface area is 133 Å². The van der Waals surface area contributed by atoms with Crippen molar-refractivity contribution in [2.24, 2.45) is 0 Å². The van der Waals surface area contributed by atoms with Crippen molar-refractivity contribution < 1.29 is 9.59 Å². The predicted molar refractivity (Wildman–Crippen MR) is 84.2 cm³/mol. The van der Waals surface area contributed by atoms with Crippen molar-refractivity contribution in [3.63, 3.8) is 0 Å². The number of carbonyl (C=O) groups excluding carboxylic acids is 2. The van der Waals surface area contributed by atoms with E-state index in [1.165, 1.54) is 4.90 Å². The Morgan fingerprint density at radius 1 is 1.32 bits per heavy atom. The third-order valence-corrected chi connectivity index (χ3v) is 3.29. The number of halogens is 1. The highest BCUT2D eigenvalue weighted by atomic mass is 35.5. The van der Waals surface area contributed by atoms with Crippen molar-refractivity contribution >= 4 is 23.4 Å². The molecule has 1 aromatic heterocycles. The molecule has 0 bridgehead atoms. The zero-order valence-corrected chi connectivity index (χ0v) is 13.3. The number of hydrogen-bond acceptors (Lipinski definition) is 3. The lowest BCUT2D eigenvalue weighted by Crippen LogP contribution is -2.44. The first-order valence-corrected chi connectivity index (χ1v) is 7.10. The summed E-state index contributed by atoms with van der Waals surface area (Å²) in [4.78, 5) is 25.3. The molecule has 0 fully saturated rings. The zero-order chi connectivity index (χ0) is 16.3. The number of hydrogen-bond donors (Lipinski definition) is 1. The van der Waals surface area contributed by atoms with Gasteiger partial charge in [0, 0.05) is 25.3 Å². The summed E-state index contributed by atoms with van der Waals surface area (Å²) in [5.74, 6) is -0.578. The highest BCUT2D eigenvalue weighted by molar-refractivity contribution is 6.30. The highest BCUT2D eigenvalue weighted by Gasteiger charge is 2.19. The minimum Gasteiger partial charge on any atom is -0.347 e. The number of nitrogens with one attached hydrogen (secondary N) is 1. The summed E-state index contributed by atoms with van der Waals surface area (Å²) < 4.78 is 1.55. The van der Waals surface area contributed by atoms with Crippen LogP contribution in [-0.2, 0) is 4.79 Å².